The van der Waals surface area contributed by atoms with Gasteiger partial charge in [0.1, 0.15) is 0 Å². The molecule has 0 aliphatic rings. The van der Waals surface area contributed by atoms with Gasteiger partial charge in [-0.05, 0) is 13.5 Å². The molecule has 0 aliphatic heterocycles. The molecular weight excluding hydrogens is 242 g/mol. The lowest BCUT2D eigenvalue weighted by Crippen LogP contribution is -1.99. The second-order valence-electron chi connectivity index (χ2n) is 6.08. The molecule has 0 saturated heterocycles. The molecule has 0 aliphatic carbocycles. The van der Waals surface area contributed by atoms with E-state index in [1.165, 1.54) is 96.3 Å². The zero-order valence-electron chi connectivity index (χ0n) is 14.1. The minimum absolute atomic E-state index is 1.12. The Bertz CT molecular complexity index is 138. The third kappa shape index (κ3) is 18.0. The van der Waals surface area contributed by atoms with Crippen molar-refractivity contribution in [2.45, 2.75) is 103 Å². The predicted octanol–water partition coefficient (Wildman–Crippen LogP) is 6.44. The second-order valence-corrected chi connectivity index (χ2v) is 6.08. The summed E-state index contributed by atoms with van der Waals surface area (Å²) >= 11 is 0. The van der Waals surface area contributed by atoms with Gasteiger partial charge in [0.05, 0.1) is 0 Å². The molecule has 20 heavy (non-hydrogen) atoms. The maximum atomic E-state index is 3.89. The van der Waals surface area contributed by atoms with Gasteiger partial charge < -0.3 is 5.32 Å². The third-order valence-corrected chi connectivity index (χ3v) is 4.05. The van der Waals surface area contributed by atoms with Gasteiger partial charge in [0.15, 0.2) is 0 Å². The average Bonchev–Trinajstić information content (AvgIpc) is 2.47. The molecule has 0 unspecified atom stereocenters. The molecule has 0 spiro atoms. The summed E-state index contributed by atoms with van der Waals surface area (Å²) in [5, 5.41) is 3.09. The second kappa shape index (κ2) is 19.0. The van der Waals surface area contributed by atoms with Crippen LogP contribution in [0.5, 0.6) is 0 Å². The fraction of sp³-hybridized carbons (Fsp3) is 0.895. The molecule has 0 aromatic rings. The average molecular weight is 282 g/mol. The summed E-state index contributed by atoms with van der Waals surface area (Å²) in [5.41, 5.74) is 0. The largest absolute Gasteiger partial charge is 0.315 e. The predicted molar refractivity (Wildman–Crippen MR) is 92.6 cm³/mol. The first kappa shape index (κ1) is 20.0. The molecule has 1 nitrogen and oxygen atoms in total. The molecule has 0 saturated carbocycles. The van der Waals surface area contributed by atoms with Gasteiger partial charge in [0, 0.05) is 6.54 Å². The van der Waals surface area contributed by atoms with E-state index < -0.39 is 0 Å². The monoisotopic (exact) mass is 281 g/mol. The fourth-order valence-electron chi connectivity index (χ4n) is 2.69. The van der Waals surface area contributed by atoms with Gasteiger partial charge in [-0.2, -0.15) is 0 Å². The summed E-state index contributed by atoms with van der Waals surface area (Å²) in [6.07, 6.45) is 22.4. The summed E-state index contributed by atoms with van der Waals surface area (Å²) in [4.78, 5) is 0. The van der Waals surface area contributed by atoms with E-state index in [2.05, 4.69) is 18.8 Å². The van der Waals surface area contributed by atoms with E-state index in [1.807, 2.05) is 7.05 Å². The van der Waals surface area contributed by atoms with E-state index in [9.17, 15) is 0 Å². The van der Waals surface area contributed by atoms with Crippen LogP contribution in [-0.2, 0) is 0 Å². The van der Waals surface area contributed by atoms with Gasteiger partial charge in [-0.1, -0.05) is 103 Å². The van der Waals surface area contributed by atoms with Crippen molar-refractivity contribution in [3.8, 4) is 0 Å². The van der Waals surface area contributed by atoms with E-state index in [-0.39, 0.29) is 0 Å². The Morgan fingerprint density at radius 1 is 0.600 bits per heavy atom. The van der Waals surface area contributed by atoms with Crippen LogP contribution in [-0.4, -0.2) is 7.05 Å². The standard InChI is InChI=1S/C19H39N/c1-3-4-5-6-7-8-9-10-11-12-13-14-15-16-17-18-19-20-2/h19-20H,1,3-18H2,2H3. The van der Waals surface area contributed by atoms with Crippen molar-refractivity contribution in [1.29, 1.82) is 0 Å². The van der Waals surface area contributed by atoms with Gasteiger partial charge in [0.25, 0.3) is 0 Å². The molecule has 0 aromatic heterocycles. The van der Waals surface area contributed by atoms with Crippen LogP contribution in [0.25, 0.3) is 0 Å². The fourth-order valence-corrected chi connectivity index (χ4v) is 2.69. The van der Waals surface area contributed by atoms with Crippen molar-refractivity contribution in [2.24, 2.45) is 0 Å². The molecule has 0 amide bonds. The van der Waals surface area contributed by atoms with E-state index in [1.54, 1.807) is 0 Å². The van der Waals surface area contributed by atoms with Crippen LogP contribution in [0.3, 0.4) is 0 Å². The van der Waals surface area contributed by atoms with Crippen LogP contribution >= 0.6 is 0 Å². The molecule has 0 heterocycles. The lowest BCUT2D eigenvalue weighted by molar-refractivity contribution is 0.532. The molecular formula is C19H39N. The van der Waals surface area contributed by atoms with Crippen LogP contribution in [0.4, 0.5) is 0 Å². The van der Waals surface area contributed by atoms with Crippen molar-refractivity contribution < 1.29 is 0 Å². The van der Waals surface area contributed by atoms with Crippen LogP contribution in [0.15, 0.2) is 0 Å². The van der Waals surface area contributed by atoms with Gasteiger partial charge in [-0.15, -0.1) is 0 Å². The molecule has 0 aromatic carbocycles. The first-order valence-electron chi connectivity index (χ1n) is 9.20. The lowest BCUT2D eigenvalue weighted by Gasteiger charge is -2.03. The van der Waals surface area contributed by atoms with E-state index in [4.69, 9.17) is 0 Å². The smallest absolute Gasteiger partial charge is 0.0218 e. The highest BCUT2D eigenvalue weighted by molar-refractivity contribution is 4.57. The summed E-state index contributed by atoms with van der Waals surface area (Å²) in [7, 11) is 1.99. The van der Waals surface area contributed by atoms with Gasteiger partial charge in [0.2, 0.25) is 0 Å². The minimum Gasteiger partial charge on any atom is -0.315 e. The van der Waals surface area contributed by atoms with E-state index in [0.717, 1.165) is 6.42 Å². The van der Waals surface area contributed by atoms with Crippen molar-refractivity contribution in [1.82, 2.24) is 5.32 Å². The first-order chi connectivity index (χ1) is 9.91. The summed E-state index contributed by atoms with van der Waals surface area (Å²) < 4.78 is 0. The van der Waals surface area contributed by atoms with E-state index in [0.29, 0.717) is 0 Å². The van der Waals surface area contributed by atoms with Gasteiger partial charge >= 0.3 is 0 Å². The summed E-state index contributed by atoms with van der Waals surface area (Å²) in [6, 6.07) is 0. The number of hydrogen-bond acceptors (Lipinski definition) is 1. The van der Waals surface area contributed by atoms with Crippen LogP contribution in [0.1, 0.15) is 103 Å². The van der Waals surface area contributed by atoms with Crippen LogP contribution < -0.4 is 5.32 Å². The number of rotatable bonds is 17. The van der Waals surface area contributed by atoms with Crippen LogP contribution in [0, 0.1) is 13.5 Å². The summed E-state index contributed by atoms with van der Waals surface area (Å²) in [5.74, 6) is 0. The Labute approximate surface area is 129 Å². The summed E-state index contributed by atoms with van der Waals surface area (Å²) in [6.45, 7) is 6.05. The maximum absolute atomic E-state index is 3.89. The van der Waals surface area contributed by atoms with Crippen molar-refractivity contribution in [3.63, 3.8) is 0 Å². The van der Waals surface area contributed by atoms with Gasteiger partial charge in [-0.25, -0.2) is 0 Å². The molecule has 2 radical (unpaired) electrons. The molecule has 0 atom stereocenters. The lowest BCUT2D eigenvalue weighted by atomic mass is 10.0. The van der Waals surface area contributed by atoms with Crippen molar-refractivity contribution in [3.05, 3.63) is 13.5 Å². The Hall–Kier alpha value is -0.0400. The highest BCUT2D eigenvalue weighted by atomic mass is 14.8. The first-order valence-corrected chi connectivity index (χ1v) is 9.20. The van der Waals surface area contributed by atoms with Gasteiger partial charge in [-0.3, -0.25) is 0 Å². The molecule has 0 fully saturated rings. The van der Waals surface area contributed by atoms with Crippen LogP contribution in [0.2, 0.25) is 0 Å². The minimum atomic E-state index is 1.12. The highest BCUT2D eigenvalue weighted by Crippen LogP contribution is 2.13. The van der Waals surface area contributed by atoms with E-state index >= 15 is 0 Å². The SMILES string of the molecule is [CH2]CCCCCCCCCCCCCCCC[CH]NC. The number of unbranched alkanes of at least 4 members (excludes halogenated alkanes) is 15. The normalized spacial score (nSPS) is 11.1. The zero-order valence-corrected chi connectivity index (χ0v) is 14.1. The zero-order chi connectivity index (χ0) is 14.7. The van der Waals surface area contributed by atoms with Crippen molar-refractivity contribution >= 4 is 0 Å². The topological polar surface area (TPSA) is 12.0 Å². The Balaban J connectivity index is 2.89. The van der Waals surface area contributed by atoms with Crippen molar-refractivity contribution in [2.75, 3.05) is 7.05 Å². The quantitative estimate of drug-likeness (QED) is 0.302. The molecule has 0 rings (SSSR count). The number of hydrogen-bond donors (Lipinski definition) is 1. The Kier molecular flexibility index (Phi) is 18.9. The Morgan fingerprint density at radius 3 is 1.30 bits per heavy atom. The molecule has 120 valence electrons. The Morgan fingerprint density at radius 2 is 0.950 bits per heavy atom. The molecule has 0 bridgehead atoms. The number of nitrogens with one attached hydrogen (secondary N) is 1. The molecule has 1 N–H and O–H groups in total. The third-order valence-electron chi connectivity index (χ3n) is 4.05. The highest BCUT2D eigenvalue weighted by Gasteiger charge is 1.94. The maximum Gasteiger partial charge on any atom is 0.0218 e. The molecule has 1 heteroatoms.